The van der Waals surface area contributed by atoms with Gasteiger partial charge in [0.1, 0.15) is 5.65 Å². The van der Waals surface area contributed by atoms with Gasteiger partial charge in [-0.1, -0.05) is 25.5 Å². The summed E-state index contributed by atoms with van der Waals surface area (Å²) < 4.78 is 3.94. The van der Waals surface area contributed by atoms with Crippen LogP contribution in [0.2, 0.25) is 0 Å². The minimum Gasteiger partial charge on any atom is -0.326 e. The summed E-state index contributed by atoms with van der Waals surface area (Å²) in [6, 6.07) is 9.43. The van der Waals surface area contributed by atoms with Crippen molar-refractivity contribution in [3.05, 3.63) is 56.5 Å². The fourth-order valence-corrected chi connectivity index (χ4v) is 3.75. The van der Waals surface area contributed by atoms with Crippen LogP contribution in [0.3, 0.4) is 0 Å². The summed E-state index contributed by atoms with van der Waals surface area (Å²) in [5.74, 6) is 0. The zero-order valence-corrected chi connectivity index (χ0v) is 13.3. The van der Waals surface area contributed by atoms with Gasteiger partial charge in [0.25, 0.3) is 5.56 Å². The standard InChI is InChI=1S/C19H20N2O2/c1-2-3-7-13-12-16(22)21-11-6-10-20-15-9-5-4-8-14(15)18(23)17(13)19(20)21/h4-5,8-9,12H,2-3,6-7,10-11H2,1H3. The first-order chi connectivity index (χ1) is 11.2. The van der Waals surface area contributed by atoms with Crippen molar-refractivity contribution < 1.29 is 0 Å². The lowest BCUT2D eigenvalue weighted by Gasteiger charge is -2.24. The van der Waals surface area contributed by atoms with Gasteiger partial charge in [-0.05, 0) is 37.0 Å². The van der Waals surface area contributed by atoms with Gasteiger partial charge in [-0.3, -0.25) is 14.2 Å². The second kappa shape index (κ2) is 5.37. The van der Waals surface area contributed by atoms with Crippen molar-refractivity contribution in [2.24, 2.45) is 0 Å². The molecule has 0 unspecified atom stereocenters. The minimum absolute atomic E-state index is 0.0201. The fourth-order valence-electron chi connectivity index (χ4n) is 3.75. The molecule has 0 atom stereocenters. The molecule has 0 bridgehead atoms. The highest BCUT2D eigenvalue weighted by Crippen LogP contribution is 2.24. The molecule has 0 radical (unpaired) electrons. The van der Waals surface area contributed by atoms with Crippen LogP contribution >= 0.6 is 0 Å². The molecule has 0 aliphatic carbocycles. The van der Waals surface area contributed by atoms with E-state index in [0.29, 0.717) is 6.54 Å². The normalized spacial score (nSPS) is 13.8. The van der Waals surface area contributed by atoms with E-state index in [1.807, 2.05) is 24.3 Å². The number of aromatic nitrogens is 2. The number of rotatable bonds is 3. The zero-order valence-electron chi connectivity index (χ0n) is 13.3. The summed E-state index contributed by atoms with van der Waals surface area (Å²) in [6.45, 7) is 3.68. The molecule has 23 heavy (non-hydrogen) atoms. The number of hydrogen-bond acceptors (Lipinski definition) is 2. The lowest BCUT2D eigenvalue weighted by Crippen LogP contribution is -2.30. The van der Waals surface area contributed by atoms with Crippen molar-refractivity contribution in [3.8, 4) is 0 Å². The Bertz CT molecular complexity index is 1030. The average molecular weight is 308 g/mol. The Kier molecular flexibility index (Phi) is 3.33. The predicted octanol–water partition coefficient (Wildman–Crippen LogP) is 3.06. The molecule has 2 aromatic heterocycles. The summed E-state index contributed by atoms with van der Waals surface area (Å²) >= 11 is 0. The van der Waals surface area contributed by atoms with Crippen LogP contribution in [0.1, 0.15) is 31.7 Å². The highest BCUT2D eigenvalue weighted by molar-refractivity contribution is 5.93. The fraction of sp³-hybridized carbons (Fsp3) is 0.368. The first kappa shape index (κ1) is 14.2. The Labute approximate surface area is 134 Å². The van der Waals surface area contributed by atoms with E-state index in [1.54, 1.807) is 10.6 Å². The minimum atomic E-state index is 0.0201. The Hall–Kier alpha value is -2.36. The van der Waals surface area contributed by atoms with E-state index in [2.05, 4.69) is 11.5 Å². The summed E-state index contributed by atoms with van der Waals surface area (Å²) in [5.41, 5.74) is 2.75. The van der Waals surface area contributed by atoms with Crippen LogP contribution in [0.4, 0.5) is 0 Å². The smallest absolute Gasteiger partial charge is 0.252 e. The third-order valence-corrected chi connectivity index (χ3v) is 4.85. The first-order valence-corrected chi connectivity index (χ1v) is 8.40. The maximum Gasteiger partial charge on any atom is 0.252 e. The van der Waals surface area contributed by atoms with E-state index in [1.165, 1.54) is 0 Å². The molecule has 3 heterocycles. The lowest BCUT2D eigenvalue weighted by molar-refractivity contribution is 0.524. The quantitative estimate of drug-likeness (QED) is 0.698. The van der Waals surface area contributed by atoms with Crippen LogP contribution in [0.25, 0.3) is 21.9 Å². The first-order valence-electron chi connectivity index (χ1n) is 8.40. The molecule has 0 saturated heterocycles. The second-order valence-electron chi connectivity index (χ2n) is 6.31. The molecule has 1 aliphatic heterocycles. The molecule has 1 aliphatic rings. The topological polar surface area (TPSA) is 44.0 Å². The molecular weight excluding hydrogens is 288 g/mol. The van der Waals surface area contributed by atoms with E-state index in [9.17, 15) is 9.59 Å². The summed E-state index contributed by atoms with van der Waals surface area (Å²) in [6.07, 6.45) is 3.75. The molecule has 1 aromatic carbocycles. The van der Waals surface area contributed by atoms with Crippen molar-refractivity contribution in [1.82, 2.24) is 9.13 Å². The average Bonchev–Trinajstić information content (AvgIpc) is 2.59. The highest BCUT2D eigenvalue weighted by atomic mass is 16.1. The molecule has 4 heteroatoms. The number of hydrogen-bond donors (Lipinski definition) is 0. The van der Waals surface area contributed by atoms with E-state index in [0.717, 1.165) is 59.7 Å². The zero-order chi connectivity index (χ0) is 16.0. The molecule has 4 rings (SSSR count). The molecular formula is C19H20N2O2. The Balaban J connectivity index is 2.24. The maximum atomic E-state index is 13.1. The third-order valence-electron chi connectivity index (χ3n) is 4.85. The molecule has 0 fully saturated rings. The van der Waals surface area contributed by atoms with Gasteiger partial charge in [0.15, 0.2) is 5.43 Å². The highest BCUT2D eigenvalue weighted by Gasteiger charge is 2.20. The van der Waals surface area contributed by atoms with Crippen LogP contribution in [0.15, 0.2) is 39.9 Å². The van der Waals surface area contributed by atoms with Crippen LogP contribution < -0.4 is 11.0 Å². The Morgan fingerprint density at radius 1 is 1.09 bits per heavy atom. The van der Waals surface area contributed by atoms with Gasteiger partial charge < -0.3 is 4.57 Å². The molecule has 0 spiro atoms. The number of aryl methyl sites for hydroxylation is 3. The molecule has 0 N–H and O–H groups in total. The number of fused-ring (bicyclic) bond motifs is 2. The van der Waals surface area contributed by atoms with E-state index >= 15 is 0 Å². The molecule has 3 aromatic rings. The van der Waals surface area contributed by atoms with Gasteiger partial charge in [0, 0.05) is 24.5 Å². The molecule has 118 valence electrons. The Morgan fingerprint density at radius 3 is 2.70 bits per heavy atom. The van der Waals surface area contributed by atoms with Crippen molar-refractivity contribution >= 4 is 21.9 Å². The second-order valence-corrected chi connectivity index (χ2v) is 6.31. The summed E-state index contributed by atoms with van der Waals surface area (Å²) in [5, 5.41) is 1.50. The van der Waals surface area contributed by atoms with Gasteiger partial charge in [0.2, 0.25) is 0 Å². The number of nitrogens with zero attached hydrogens (tertiary/aromatic N) is 2. The number of unbranched alkanes of at least 4 members (excludes halogenated alkanes) is 1. The SMILES string of the molecule is CCCCc1cc(=O)n2c3c1c(=O)c1ccccc1n3CCC2. The van der Waals surface area contributed by atoms with Crippen molar-refractivity contribution in [1.29, 1.82) is 0 Å². The van der Waals surface area contributed by atoms with E-state index in [-0.39, 0.29) is 11.0 Å². The van der Waals surface area contributed by atoms with Crippen LogP contribution in [0, 0.1) is 0 Å². The Morgan fingerprint density at radius 2 is 1.87 bits per heavy atom. The lowest BCUT2D eigenvalue weighted by atomic mass is 10.0. The van der Waals surface area contributed by atoms with Gasteiger partial charge in [0.05, 0.1) is 10.9 Å². The van der Waals surface area contributed by atoms with Crippen LogP contribution in [-0.4, -0.2) is 9.13 Å². The van der Waals surface area contributed by atoms with Crippen molar-refractivity contribution in [3.63, 3.8) is 0 Å². The summed E-state index contributed by atoms with van der Waals surface area (Å²) in [7, 11) is 0. The van der Waals surface area contributed by atoms with Crippen molar-refractivity contribution in [2.45, 2.75) is 45.7 Å². The van der Waals surface area contributed by atoms with Crippen LogP contribution in [0.5, 0.6) is 0 Å². The van der Waals surface area contributed by atoms with Crippen molar-refractivity contribution in [2.75, 3.05) is 0 Å². The summed E-state index contributed by atoms with van der Waals surface area (Å²) in [4.78, 5) is 25.6. The van der Waals surface area contributed by atoms with Crippen LogP contribution in [-0.2, 0) is 19.5 Å². The maximum absolute atomic E-state index is 13.1. The number of para-hydroxylation sites is 1. The van der Waals surface area contributed by atoms with Gasteiger partial charge in [-0.15, -0.1) is 0 Å². The predicted molar refractivity (Wildman–Crippen MR) is 93.2 cm³/mol. The van der Waals surface area contributed by atoms with E-state index in [4.69, 9.17) is 0 Å². The van der Waals surface area contributed by atoms with Gasteiger partial charge >= 0.3 is 0 Å². The van der Waals surface area contributed by atoms with Gasteiger partial charge in [-0.25, -0.2) is 0 Å². The number of pyridine rings is 2. The molecule has 0 saturated carbocycles. The van der Waals surface area contributed by atoms with E-state index < -0.39 is 0 Å². The monoisotopic (exact) mass is 308 g/mol. The largest absolute Gasteiger partial charge is 0.326 e. The third kappa shape index (κ3) is 2.05. The number of benzene rings is 1. The molecule has 4 nitrogen and oxygen atoms in total. The molecule has 0 amide bonds. The van der Waals surface area contributed by atoms with Gasteiger partial charge in [-0.2, -0.15) is 0 Å².